The van der Waals surface area contributed by atoms with E-state index in [-0.39, 0.29) is 5.95 Å². The molecule has 0 spiro atoms. The van der Waals surface area contributed by atoms with Crippen molar-refractivity contribution in [2.75, 3.05) is 22.6 Å². The first kappa shape index (κ1) is 13.6. The molecule has 0 saturated carbocycles. The fourth-order valence-corrected chi connectivity index (χ4v) is 1.81. The molecule has 1 aromatic carbocycles. The Morgan fingerprint density at radius 2 is 2.00 bits per heavy atom. The van der Waals surface area contributed by atoms with Crippen LogP contribution in [0.2, 0.25) is 0 Å². The Morgan fingerprint density at radius 3 is 2.65 bits per heavy atom. The number of nitrogens with zero attached hydrogens (tertiary/aromatic N) is 4. The largest absolute Gasteiger partial charge is 0.368 e. The van der Waals surface area contributed by atoms with Crippen LogP contribution in [0.25, 0.3) is 0 Å². The van der Waals surface area contributed by atoms with Gasteiger partial charge in [-0.3, -0.25) is 0 Å². The molecule has 0 aliphatic heterocycles. The number of nitrogens with two attached hydrogens (primary N) is 2. The van der Waals surface area contributed by atoms with Crippen LogP contribution in [0.15, 0.2) is 36.4 Å². The van der Waals surface area contributed by atoms with E-state index >= 15 is 0 Å². The maximum Gasteiger partial charge on any atom is 0.224 e. The number of aromatic nitrogens is 2. The molecule has 1 heterocycles. The molecule has 5 N–H and O–H groups in total. The summed E-state index contributed by atoms with van der Waals surface area (Å²) in [7, 11) is 0. The lowest BCUT2D eigenvalue weighted by atomic mass is 10.2. The van der Waals surface area contributed by atoms with E-state index in [0.717, 1.165) is 5.69 Å². The molecule has 0 aliphatic rings. The molecule has 0 fully saturated rings. The average molecular weight is 269 g/mol. The van der Waals surface area contributed by atoms with Crippen LogP contribution in [0.4, 0.5) is 23.3 Å². The molecule has 0 bridgehead atoms. The Bertz CT molecular complexity index is 606. The topological polar surface area (TPSA) is 117 Å². The van der Waals surface area contributed by atoms with Gasteiger partial charge >= 0.3 is 0 Å². The van der Waals surface area contributed by atoms with Gasteiger partial charge in [-0.1, -0.05) is 18.2 Å². The van der Waals surface area contributed by atoms with Gasteiger partial charge in [-0.25, -0.2) is 5.84 Å². The van der Waals surface area contributed by atoms with Crippen LogP contribution in [0.3, 0.4) is 0 Å². The predicted molar refractivity (Wildman–Crippen MR) is 77.9 cm³/mol. The van der Waals surface area contributed by atoms with Crippen LogP contribution in [-0.4, -0.2) is 16.5 Å². The molecule has 0 aliphatic carbocycles. The minimum atomic E-state index is 0.119. The summed E-state index contributed by atoms with van der Waals surface area (Å²) in [5.41, 5.74) is 9.04. The molecule has 7 heteroatoms. The zero-order valence-corrected chi connectivity index (χ0v) is 10.8. The highest BCUT2D eigenvalue weighted by atomic mass is 15.3. The van der Waals surface area contributed by atoms with Crippen molar-refractivity contribution in [2.24, 2.45) is 5.84 Å². The second-order valence-electron chi connectivity index (χ2n) is 4.01. The van der Waals surface area contributed by atoms with Crippen molar-refractivity contribution in [3.63, 3.8) is 0 Å². The van der Waals surface area contributed by atoms with E-state index in [1.807, 2.05) is 35.2 Å². The van der Waals surface area contributed by atoms with E-state index in [1.165, 1.54) is 0 Å². The van der Waals surface area contributed by atoms with Crippen molar-refractivity contribution in [2.45, 2.75) is 6.42 Å². The predicted octanol–water partition coefficient (Wildman–Crippen LogP) is 1.40. The van der Waals surface area contributed by atoms with Crippen LogP contribution < -0.4 is 21.9 Å². The summed E-state index contributed by atoms with van der Waals surface area (Å²) < 4.78 is 0. The summed E-state index contributed by atoms with van der Waals surface area (Å²) in [6.45, 7) is 0.501. The lowest BCUT2D eigenvalue weighted by molar-refractivity contribution is 0.922. The first-order chi connectivity index (χ1) is 9.74. The van der Waals surface area contributed by atoms with Crippen molar-refractivity contribution in [3.8, 4) is 6.07 Å². The Morgan fingerprint density at radius 1 is 1.25 bits per heavy atom. The zero-order valence-electron chi connectivity index (χ0n) is 10.8. The molecule has 0 unspecified atom stereocenters. The molecule has 20 heavy (non-hydrogen) atoms. The molecule has 0 saturated heterocycles. The number of rotatable bonds is 5. The third-order valence-electron chi connectivity index (χ3n) is 2.67. The first-order valence-electron chi connectivity index (χ1n) is 6.05. The molecule has 7 nitrogen and oxygen atoms in total. The third kappa shape index (κ3) is 3.13. The van der Waals surface area contributed by atoms with E-state index in [2.05, 4.69) is 21.5 Å². The Hall–Kier alpha value is -2.85. The summed E-state index contributed by atoms with van der Waals surface area (Å²) in [6, 6.07) is 13.4. The lowest BCUT2D eigenvalue weighted by Crippen LogP contribution is -2.21. The number of para-hydroxylation sites is 1. The van der Waals surface area contributed by atoms with Gasteiger partial charge in [0.25, 0.3) is 0 Å². The summed E-state index contributed by atoms with van der Waals surface area (Å²) in [4.78, 5) is 10.0. The Labute approximate surface area is 116 Å². The molecular formula is C13H15N7. The quantitative estimate of drug-likeness (QED) is 0.554. The van der Waals surface area contributed by atoms with Gasteiger partial charge < -0.3 is 16.1 Å². The van der Waals surface area contributed by atoms with Crippen molar-refractivity contribution in [1.29, 1.82) is 5.26 Å². The van der Waals surface area contributed by atoms with Crippen LogP contribution in [0.5, 0.6) is 0 Å². The number of hydrogen-bond acceptors (Lipinski definition) is 7. The van der Waals surface area contributed by atoms with Gasteiger partial charge in [-0.2, -0.15) is 15.2 Å². The van der Waals surface area contributed by atoms with Gasteiger partial charge in [-0.15, -0.1) is 0 Å². The number of anilines is 4. The summed E-state index contributed by atoms with van der Waals surface area (Å²) in [5.74, 6) is 6.49. The molecule has 1 aromatic heterocycles. The lowest BCUT2D eigenvalue weighted by Gasteiger charge is -2.23. The second-order valence-corrected chi connectivity index (χ2v) is 4.01. The maximum absolute atomic E-state index is 8.80. The number of hydrazine groups is 1. The van der Waals surface area contributed by atoms with Gasteiger partial charge in [-0.05, 0) is 12.1 Å². The molecule has 0 atom stereocenters. The van der Waals surface area contributed by atoms with Gasteiger partial charge in [0, 0.05) is 18.3 Å². The van der Waals surface area contributed by atoms with E-state index in [4.69, 9.17) is 16.8 Å². The number of nitrogens with one attached hydrogen (secondary N) is 1. The monoisotopic (exact) mass is 269 g/mol. The van der Waals surface area contributed by atoms with Gasteiger partial charge in [0.1, 0.15) is 11.6 Å². The molecular weight excluding hydrogens is 254 g/mol. The smallest absolute Gasteiger partial charge is 0.224 e. The fraction of sp³-hybridized carbons (Fsp3) is 0.154. The Balaban J connectivity index is 2.41. The fourth-order valence-electron chi connectivity index (χ4n) is 1.81. The summed E-state index contributed by atoms with van der Waals surface area (Å²) >= 11 is 0. The van der Waals surface area contributed by atoms with Crippen LogP contribution in [-0.2, 0) is 0 Å². The van der Waals surface area contributed by atoms with Gasteiger partial charge in [0.05, 0.1) is 12.5 Å². The SMILES string of the molecule is N#CCCN(c1ccccc1)c1cc(NN)nc(N)n1. The molecule has 2 rings (SSSR count). The minimum absolute atomic E-state index is 0.119. The van der Waals surface area contributed by atoms with E-state index in [0.29, 0.717) is 24.6 Å². The first-order valence-corrected chi connectivity index (χ1v) is 6.05. The summed E-state index contributed by atoms with van der Waals surface area (Å²) in [5, 5.41) is 8.80. The van der Waals surface area contributed by atoms with E-state index < -0.39 is 0 Å². The average Bonchev–Trinajstić information content (AvgIpc) is 2.48. The summed E-state index contributed by atoms with van der Waals surface area (Å²) in [6.07, 6.45) is 0.365. The highest BCUT2D eigenvalue weighted by molar-refractivity contribution is 5.63. The highest BCUT2D eigenvalue weighted by Gasteiger charge is 2.12. The second kappa shape index (κ2) is 6.36. The van der Waals surface area contributed by atoms with Crippen molar-refractivity contribution in [3.05, 3.63) is 36.4 Å². The standard InChI is InChI=1S/C13H15N7/c14-7-4-8-20(10-5-2-1-3-6-10)12-9-11(19-16)17-13(15)18-12/h1-3,5-6,9H,4,8,16H2,(H3,15,17,18,19). The van der Waals surface area contributed by atoms with Crippen molar-refractivity contribution >= 4 is 23.3 Å². The van der Waals surface area contributed by atoms with Crippen LogP contribution >= 0.6 is 0 Å². The van der Waals surface area contributed by atoms with Crippen molar-refractivity contribution < 1.29 is 0 Å². The molecule has 0 amide bonds. The third-order valence-corrected chi connectivity index (χ3v) is 2.67. The highest BCUT2D eigenvalue weighted by Crippen LogP contribution is 2.25. The van der Waals surface area contributed by atoms with Crippen LogP contribution in [0, 0.1) is 11.3 Å². The van der Waals surface area contributed by atoms with Crippen molar-refractivity contribution in [1.82, 2.24) is 9.97 Å². The Kier molecular flexibility index (Phi) is 4.32. The normalized spacial score (nSPS) is 9.80. The molecule has 0 radical (unpaired) electrons. The number of nitrogen functional groups attached to an aromatic ring is 2. The minimum Gasteiger partial charge on any atom is -0.368 e. The van der Waals surface area contributed by atoms with Gasteiger partial charge in [0.15, 0.2) is 0 Å². The molecule has 102 valence electrons. The number of nitriles is 1. The van der Waals surface area contributed by atoms with Crippen LogP contribution in [0.1, 0.15) is 6.42 Å². The molecule has 2 aromatic rings. The number of benzene rings is 1. The zero-order chi connectivity index (χ0) is 14.4. The number of hydrogen-bond donors (Lipinski definition) is 3. The van der Waals surface area contributed by atoms with Gasteiger partial charge in [0.2, 0.25) is 5.95 Å². The van der Waals surface area contributed by atoms with E-state index in [1.54, 1.807) is 6.07 Å². The maximum atomic E-state index is 8.80. The van der Waals surface area contributed by atoms with E-state index in [9.17, 15) is 0 Å².